The van der Waals surface area contributed by atoms with Crippen molar-refractivity contribution in [3.05, 3.63) is 124 Å². The number of benzene rings is 5. The third-order valence-corrected chi connectivity index (χ3v) is 13.5. The highest BCUT2D eigenvalue weighted by Gasteiger charge is 2.39. The van der Waals surface area contributed by atoms with E-state index in [1.807, 2.05) is 70.6 Å². The van der Waals surface area contributed by atoms with E-state index < -0.39 is 6.29 Å². The molecule has 5 aliphatic rings. The number of methoxy groups -OCH3 is 3. The number of aliphatic hydroxyl groups is 1. The molecule has 366 valence electrons. The van der Waals surface area contributed by atoms with Gasteiger partial charge in [-0.15, -0.1) is 0 Å². The zero-order chi connectivity index (χ0) is 48.1. The minimum atomic E-state index is -0.714. The number of amides is 2. The van der Waals surface area contributed by atoms with E-state index in [2.05, 4.69) is 28.4 Å². The lowest BCUT2D eigenvalue weighted by atomic mass is 10.1. The van der Waals surface area contributed by atoms with Crippen LogP contribution in [0.25, 0.3) is 0 Å². The molecule has 5 aromatic rings. The van der Waals surface area contributed by atoms with Crippen LogP contribution in [-0.2, 0) is 45.0 Å². The summed E-state index contributed by atoms with van der Waals surface area (Å²) < 4.78 is 47.0. The van der Waals surface area contributed by atoms with E-state index in [9.17, 15) is 14.7 Å². The molecular formula is C54H59N5O11. The number of ether oxygens (including phenoxy) is 8. The maximum absolute atomic E-state index is 14.2. The Morgan fingerprint density at radius 2 is 1.34 bits per heavy atom. The molecule has 5 aliphatic heterocycles. The number of hydrogen-bond donors (Lipinski definition) is 2. The molecule has 2 unspecified atom stereocenters. The third kappa shape index (κ3) is 10.0. The van der Waals surface area contributed by atoms with Gasteiger partial charge in [-0.2, -0.15) is 0 Å². The second kappa shape index (κ2) is 21.1. The molecule has 5 aromatic carbocycles. The molecule has 1 fully saturated rings. The van der Waals surface area contributed by atoms with Crippen LogP contribution < -0.4 is 39.0 Å². The largest absolute Gasteiger partial charge is 0.493 e. The third-order valence-electron chi connectivity index (χ3n) is 13.5. The average molecular weight is 954 g/mol. The summed E-state index contributed by atoms with van der Waals surface area (Å²) in [7, 11) is 4.78. The molecule has 5 heterocycles. The summed E-state index contributed by atoms with van der Waals surface area (Å²) in [6.45, 7) is 4.49. The van der Waals surface area contributed by atoms with Crippen LogP contribution in [0.2, 0.25) is 0 Å². The van der Waals surface area contributed by atoms with Crippen LogP contribution in [-0.4, -0.2) is 122 Å². The summed E-state index contributed by atoms with van der Waals surface area (Å²) in [6, 6.07) is 29.1. The number of nitrogens with one attached hydrogen (secondary N) is 1. The minimum Gasteiger partial charge on any atom is -0.493 e. The van der Waals surface area contributed by atoms with Crippen LogP contribution in [0.3, 0.4) is 0 Å². The highest BCUT2D eigenvalue weighted by atomic mass is 16.7. The summed E-state index contributed by atoms with van der Waals surface area (Å²) in [6.07, 6.45) is 3.90. The monoisotopic (exact) mass is 953 g/mol. The number of para-hydroxylation sites is 2. The van der Waals surface area contributed by atoms with Crippen molar-refractivity contribution in [2.45, 2.75) is 63.4 Å². The lowest BCUT2D eigenvalue weighted by Gasteiger charge is -2.26. The lowest BCUT2D eigenvalue weighted by Crippen LogP contribution is -2.39. The van der Waals surface area contributed by atoms with Crippen LogP contribution in [0.15, 0.2) is 96.0 Å². The number of aliphatic imine (C=N–C) groups is 1. The van der Waals surface area contributed by atoms with Crippen molar-refractivity contribution in [3.8, 4) is 23.0 Å². The summed E-state index contributed by atoms with van der Waals surface area (Å²) in [5.74, 6) is 1.55. The van der Waals surface area contributed by atoms with Crippen LogP contribution >= 0.6 is 0 Å². The number of nitrogens with zero attached hydrogens (tertiary/aromatic N) is 4. The summed E-state index contributed by atoms with van der Waals surface area (Å²) in [5.41, 5.74) is 8.86. The molecule has 0 spiro atoms. The molecule has 16 heteroatoms. The predicted molar refractivity (Wildman–Crippen MR) is 265 cm³/mol. The first-order valence-corrected chi connectivity index (χ1v) is 24.0. The number of epoxide rings is 1. The Morgan fingerprint density at radius 3 is 2.04 bits per heavy atom. The van der Waals surface area contributed by atoms with Gasteiger partial charge in [-0.3, -0.25) is 19.5 Å². The quantitative estimate of drug-likeness (QED) is 0.0532. The fraction of sp³-hybridized carbons (Fsp3) is 0.389. The van der Waals surface area contributed by atoms with Gasteiger partial charge in [0.05, 0.1) is 81.8 Å². The molecule has 10 rings (SSSR count). The molecule has 2 N–H and O–H groups in total. The average Bonchev–Trinajstić information content (AvgIpc) is 3.86. The van der Waals surface area contributed by atoms with Crippen molar-refractivity contribution in [2.24, 2.45) is 4.99 Å². The number of carbonyl (C=O) groups excluding carboxylic acids is 2. The van der Waals surface area contributed by atoms with E-state index >= 15 is 0 Å². The number of fused-ring (bicyclic) bond motifs is 8. The van der Waals surface area contributed by atoms with Gasteiger partial charge in [0.1, 0.15) is 19.3 Å². The Kier molecular flexibility index (Phi) is 14.2. The van der Waals surface area contributed by atoms with Crippen LogP contribution in [0.5, 0.6) is 23.0 Å². The molecule has 2 amide bonds. The van der Waals surface area contributed by atoms with Gasteiger partial charge >= 0.3 is 0 Å². The standard InChI is InChI=1S/C54H59N5O11/c1-63-17-18-67-20-19-66-16-15-57(14-8-13-47-54(62)70-47)38-22-34(32-68-50-28-43-41(26-48(50)64-2)52(60)58-39(30-55-43)24-36-9-4-6-11-45(36)58)21-35(23-38)33-69-51-29-44-42(27-49(51)65-3)53(61)59-40(31-56-44)25-37-10-5-7-12-46(37)59/h4-7,9-12,21-23,26-30,39-40,47,54,56,62H,8,13-20,24-25,31-33H2,1-3H3/t39-,40-,47?,54?/m0/s1. The van der Waals surface area contributed by atoms with Crippen molar-refractivity contribution in [2.75, 3.05) is 94.0 Å². The maximum Gasteiger partial charge on any atom is 0.261 e. The predicted octanol–water partition coefficient (Wildman–Crippen LogP) is 7.13. The van der Waals surface area contributed by atoms with E-state index in [0.29, 0.717) is 111 Å². The second-order valence-electron chi connectivity index (χ2n) is 18.0. The molecule has 0 saturated carbocycles. The van der Waals surface area contributed by atoms with E-state index in [1.54, 1.807) is 39.5 Å². The van der Waals surface area contributed by atoms with Gasteiger partial charge in [0.15, 0.2) is 29.3 Å². The molecule has 0 aromatic heterocycles. The van der Waals surface area contributed by atoms with Crippen molar-refractivity contribution in [3.63, 3.8) is 0 Å². The molecule has 0 radical (unpaired) electrons. The Labute approximate surface area is 407 Å². The van der Waals surface area contributed by atoms with Crippen molar-refractivity contribution in [1.29, 1.82) is 0 Å². The van der Waals surface area contributed by atoms with E-state index in [0.717, 1.165) is 52.2 Å². The summed E-state index contributed by atoms with van der Waals surface area (Å²) >= 11 is 0. The van der Waals surface area contributed by atoms with Gasteiger partial charge in [-0.25, -0.2) is 0 Å². The Hall–Kier alpha value is -6.69. The van der Waals surface area contributed by atoms with Crippen molar-refractivity contribution >= 4 is 46.5 Å². The smallest absolute Gasteiger partial charge is 0.261 e. The SMILES string of the molecule is COCCOCCOCCN(CCCC1OC1O)c1cc(COc2cc3c(cc2OC)C(=O)N2c4ccccc4C[C@H]2C=N3)cc(COc2cc3c(cc2OC)C(=O)N2c4ccccc4C[C@H]2CN3)c1. The van der Waals surface area contributed by atoms with E-state index in [4.69, 9.17) is 42.9 Å². The van der Waals surface area contributed by atoms with Gasteiger partial charge in [-0.1, -0.05) is 36.4 Å². The molecular weight excluding hydrogens is 895 g/mol. The number of hydrogen-bond acceptors (Lipinski definition) is 14. The van der Waals surface area contributed by atoms with Gasteiger partial charge in [0.25, 0.3) is 11.8 Å². The van der Waals surface area contributed by atoms with Gasteiger partial charge < -0.3 is 58.1 Å². The fourth-order valence-electron chi connectivity index (χ4n) is 9.85. The zero-order valence-corrected chi connectivity index (χ0v) is 39.8. The van der Waals surface area contributed by atoms with Gasteiger partial charge in [0, 0.05) is 68.6 Å². The molecule has 70 heavy (non-hydrogen) atoms. The summed E-state index contributed by atoms with van der Waals surface area (Å²) in [5, 5.41) is 13.4. The molecule has 0 bridgehead atoms. The number of rotatable bonds is 22. The lowest BCUT2D eigenvalue weighted by molar-refractivity contribution is 0.0264. The normalized spacial score (nSPS) is 19.2. The topological polar surface area (TPSA) is 166 Å². The molecule has 1 saturated heterocycles. The number of anilines is 4. The summed E-state index contributed by atoms with van der Waals surface area (Å²) in [4.78, 5) is 39.1. The molecule has 0 aliphatic carbocycles. The number of aliphatic hydroxyl groups excluding tert-OH is 1. The Morgan fingerprint density at radius 1 is 0.714 bits per heavy atom. The second-order valence-corrected chi connectivity index (χ2v) is 18.0. The zero-order valence-electron chi connectivity index (χ0n) is 39.8. The van der Waals surface area contributed by atoms with Gasteiger partial charge in [0.2, 0.25) is 0 Å². The number of carbonyl (C=O) groups is 2. The van der Waals surface area contributed by atoms with Crippen LogP contribution in [0.1, 0.15) is 55.8 Å². The fourth-order valence-corrected chi connectivity index (χ4v) is 9.85. The highest BCUT2D eigenvalue weighted by molar-refractivity contribution is 6.15. The molecule has 4 atom stereocenters. The van der Waals surface area contributed by atoms with E-state index in [-0.39, 0.29) is 43.2 Å². The first-order valence-electron chi connectivity index (χ1n) is 24.0. The van der Waals surface area contributed by atoms with Crippen molar-refractivity contribution in [1.82, 2.24) is 0 Å². The molecule has 16 nitrogen and oxygen atoms in total. The van der Waals surface area contributed by atoms with Crippen LogP contribution in [0.4, 0.5) is 28.4 Å². The first-order chi connectivity index (χ1) is 34.3. The van der Waals surface area contributed by atoms with Crippen molar-refractivity contribution < 1.29 is 52.6 Å². The van der Waals surface area contributed by atoms with Gasteiger partial charge in [-0.05, 0) is 84.0 Å². The Balaban J connectivity index is 0.917. The Bertz CT molecular complexity index is 2750. The first kappa shape index (κ1) is 47.0. The maximum atomic E-state index is 14.2. The van der Waals surface area contributed by atoms with Crippen LogP contribution in [0, 0.1) is 0 Å². The minimum absolute atomic E-state index is 0.0163. The van der Waals surface area contributed by atoms with E-state index in [1.165, 1.54) is 0 Å². The highest BCUT2D eigenvalue weighted by Crippen LogP contribution is 2.43.